The Hall–Kier alpha value is -4.91. The molecule has 0 aliphatic rings. The molecule has 0 aromatic heterocycles. The van der Waals surface area contributed by atoms with E-state index in [9.17, 15) is 19.5 Å². The maximum Gasteiger partial charge on any atom is 0.335 e. The number of ether oxygens (including phenoxy) is 1. The molecule has 0 radical (unpaired) electrons. The van der Waals surface area contributed by atoms with Gasteiger partial charge in [-0.15, -0.1) is 0 Å². The van der Waals surface area contributed by atoms with Crippen LogP contribution in [0.5, 0.6) is 5.75 Å². The lowest BCUT2D eigenvalue weighted by Crippen LogP contribution is -2.31. The Bertz CT molecular complexity index is 1440. The third kappa shape index (κ3) is 5.54. The van der Waals surface area contributed by atoms with Crippen LogP contribution in [-0.2, 0) is 4.79 Å². The average molecular weight is 466 g/mol. The number of carbonyl (C=O) groups excluding carboxylic acids is 2. The molecular weight excluding hydrogens is 444 g/mol. The van der Waals surface area contributed by atoms with Crippen molar-refractivity contribution in [2.24, 2.45) is 0 Å². The van der Waals surface area contributed by atoms with Crippen molar-refractivity contribution in [3.8, 4) is 5.75 Å². The van der Waals surface area contributed by atoms with E-state index in [1.165, 1.54) is 25.3 Å². The number of amides is 2. The molecule has 4 rings (SSSR count). The van der Waals surface area contributed by atoms with Gasteiger partial charge in [0.1, 0.15) is 11.4 Å². The molecule has 0 aliphatic heterocycles. The molecule has 2 amide bonds. The summed E-state index contributed by atoms with van der Waals surface area (Å²) in [7, 11) is 1.41. The standard InChI is InChI=1S/C28H22N2O5/c1-35-25-14-13-22(28(33)34)17-23(25)29-27(32)24(15-18-7-3-2-4-8-18)30-26(31)21-12-11-19-9-5-6-10-20(19)16-21/h2-17H,1H3,(H,29,32)(H,30,31)(H,33,34)/b24-15-. The topological polar surface area (TPSA) is 105 Å². The molecule has 4 aromatic carbocycles. The second-order valence-electron chi connectivity index (χ2n) is 7.66. The van der Waals surface area contributed by atoms with Crippen molar-refractivity contribution in [2.75, 3.05) is 12.4 Å². The Morgan fingerprint density at radius 2 is 1.49 bits per heavy atom. The second kappa shape index (κ2) is 10.4. The van der Waals surface area contributed by atoms with Crippen LogP contribution in [0.1, 0.15) is 26.3 Å². The van der Waals surface area contributed by atoms with Crippen molar-refractivity contribution < 1.29 is 24.2 Å². The molecule has 0 atom stereocenters. The van der Waals surface area contributed by atoms with Crippen LogP contribution < -0.4 is 15.4 Å². The maximum atomic E-state index is 13.2. The molecule has 7 nitrogen and oxygen atoms in total. The zero-order valence-corrected chi connectivity index (χ0v) is 18.8. The highest BCUT2D eigenvalue weighted by Crippen LogP contribution is 2.26. The lowest BCUT2D eigenvalue weighted by atomic mass is 10.1. The molecule has 0 heterocycles. The average Bonchev–Trinajstić information content (AvgIpc) is 2.88. The minimum absolute atomic E-state index is 0.0165. The van der Waals surface area contributed by atoms with E-state index < -0.39 is 17.8 Å². The van der Waals surface area contributed by atoms with Crippen molar-refractivity contribution in [1.29, 1.82) is 0 Å². The molecular formula is C28H22N2O5. The summed E-state index contributed by atoms with van der Waals surface area (Å²) in [5, 5.41) is 16.5. The minimum atomic E-state index is -1.15. The largest absolute Gasteiger partial charge is 0.495 e. The molecule has 7 heteroatoms. The molecule has 0 saturated heterocycles. The number of anilines is 1. The third-order valence-electron chi connectivity index (χ3n) is 5.31. The van der Waals surface area contributed by atoms with E-state index in [0.717, 1.165) is 10.8 Å². The van der Waals surface area contributed by atoms with Crippen LogP contribution in [0.15, 0.2) is 96.7 Å². The van der Waals surface area contributed by atoms with Gasteiger partial charge in [-0.1, -0.05) is 60.7 Å². The van der Waals surface area contributed by atoms with Gasteiger partial charge in [-0.3, -0.25) is 9.59 Å². The third-order valence-corrected chi connectivity index (χ3v) is 5.31. The Kier molecular flexibility index (Phi) is 6.88. The fourth-order valence-corrected chi connectivity index (χ4v) is 3.53. The van der Waals surface area contributed by atoms with E-state index >= 15 is 0 Å². The molecule has 35 heavy (non-hydrogen) atoms. The SMILES string of the molecule is COc1ccc(C(=O)O)cc1NC(=O)/C(=C/c1ccccc1)NC(=O)c1ccc2ccccc2c1. The number of methoxy groups -OCH3 is 1. The summed E-state index contributed by atoms with van der Waals surface area (Å²) in [5.74, 6) is -1.96. The van der Waals surface area contributed by atoms with Crippen molar-refractivity contribution in [3.05, 3.63) is 113 Å². The van der Waals surface area contributed by atoms with Crippen molar-refractivity contribution >= 4 is 40.3 Å². The van der Waals surface area contributed by atoms with Gasteiger partial charge in [0.2, 0.25) is 0 Å². The van der Waals surface area contributed by atoms with Crippen molar-refractivity contribution in [1.82, 2.24) is 5.32 Å². The zero-order valence-electron chi connectivity index (χ0n) is 18.8. The van der Waals surface area contributed by atoms with Gasteiger partial charge < -0.3 is 20.5 Å². The maximum absolute atomic E-state index is 13.2. The molecule has 0 bridgehead atoms. The summed E-state index contributed by atoms with van der Waals surface area (Å²) in [5.41, 5.74) is 1.21. The number of nitrogens with one attached hydrogen (secondary N) is 2. The van der Waals surface area contributed by atoms with Gasteiger partial charge in [-0.25, -0.2) is 4.79 Å². The molecule has 3 N–H and O–H groups in total. The summed E-state index contributed by atoms with van der Waals surface area (Å²) in [6.45, 7) is 0. The second-order valence-corrected chi connectivity index (χ2v) is 7.66. The highest BCUT2D eigenvalue weighted by Gasteiger charge is 2.18. The van der Waals surface area contributed by atoms with Gasteiger partial charge in [-0.2, -0.15) is 0 Å². The quantitative estimate of drug-likeness (QED) is 0.334. The number of rotatable bonds is 7. The Labute approximate surface area is 201 Å². The van der Waals surface area contributed by atoms with E-state index in [-0.39, 0.29) is 22.7 Å². The molecule has 0 fully saturated rings. The number of aromatic carboxylic acids is 1. The van der Waals surface area contributed by atoms with Crippen LogP contribution in [0, 0.1) is 0 Å². The number of carboxylic acid groups (broad SMARTS) is 1. The lowest BCUT2D eigenvalue weighted by Gasteiger charge is -2.14. The fraction of sp³-hybridized carbons (Fsp3) is 0.0357. The van der Waals surface area contributed by atoms with Gasteiger partial charge in [-0.05, 0) is 52.7 Å². The van der Waals surface area contributed by atoms with E-state index in [1.54, 1.807) is 30.3 Å². The van der Waals surface area contributed by atoms with Gasteiger partial charge >= 0.3 is 5.97 Å². The monoisotopic (exact) mass is 466 g/mol. The minimum Gasteiger partial charge on any atom is -0.495 e. The molecule has 0 spiro atoms. The van der Waals surface area contributed by atoms with Crippen LogP contribution >= 0.6 is 0 Å². The number of hydrogen-bond acceptors (Lipinski definition) is 4. The summed E-state index contributed by atoms with van der Waals surface area (Å²) in [6, 6.07) is 26.1. The first kappa shape index (κ1) is 23.3. The van der Waals surface area contributed by atoms with Crippen LogP contribution in [0.3, 0.4) is 0 Å². The number of benzene rings is 4. The highest BCUT2D eigenvalue weighted by atomic mass is 16.5. The van der Waals surface area contributed by atoms with Gasteiger partial charge in [0.15, 0.2) is 0 Å². The van der Waals surface area contributed by atoms with Crippen LogP contribution in [0.4, 0.5) is 5.69 Å². The normalized spacial score (nSPS) is 11.1. The fourth-order valence-electron chi connectivity index (χ4n) is 3.53. The number of fused-ring (bicyclic) bond motifs is 1. The summed E-state index contributed by atoms with van der Waals surface area (Å²) < 4.78 is 5.26. The number of carbonyl (C=O) groups is 3. The summed E-state index contributed by atoms with van der Waals surface area (Å²) in [6.07, 6.45) is 1.54. The van der Waals surface area contributed by atoms with Crippen molar-refractivity contribution in [2.45, 2.75) is 0 Å². The van der Waals surface area contributed by atoms with E-state index in [2.05, 4.69) is 10.6 Å². The zero-order chi connectivity index (χ0) is 24.8. The van der Waals surface area contributed by atoms with Gasteiger partial charge in [0.05, 0.1) is 18.4 Å². The Balaban J connectivity index is 1.66. The first-order valence-electron chi connectivity index (χ1n) is 10.7. The molecule has 4 aromatic rings. The number of carboxylic acids is 1. The van der Waals surface area contributed by atoms with Crippen LogP contribution in [0.2, 0.25) is 0 Å². The van der Waals surface area contributed by atoms with E-state index in [1.807, 2.05) is 48.5 Å². The number of hydrogen-bond donors (Lipinski definition) is 3. The van der Waals surface area contributed by atoms with Gasteiger partial charge in [0, 0.05) is 5.56 Å². The van der Waals surface area contributed by atoms with Crippen LogP contribution in [-0.4, -0.2) is 30.0 Å². The van der Waals surface area contributed by atoms with Crippen LogP contribution in [0.25, 0.3) is 16.8 Å². The first-order chi connectivity index (χ1) is 16.9. The summed E-state index contributed by atoms with van der Waals surface area (Å²) in [4.78, 5) is 37.7. The van der Waals surface area contributed by atoms with E-state index in [4.69, 9.17) is 4.74 Å². The Morgan fingerprint density at radius 3 is 2.20 bits per heavy atom. The predicted octanol–water partition coefficient (Wildman–Crippen LogP) is 4.96. The molecule has 0 unspecified atom stereocenters. The van der Waals surface area contributed by atoms with E-state index in [0.29, 0.717) is 11.1 Å². The first-order valence-corrected chi connectivity index (χ1v) is 10.7. The smallest absolute Gasteiger partial charge is 0.335 e. The van der Waals surface area contributed by atoms with Gasteiger partial charge in [0.25, 0.3) is 11.8 Å². The van der Waals surface area contributed by atoms with Crippen molar-refractivity contribution in [3.63, 3.8) is 0 Å². The molecule has 174 valence electrons. The Morgan fingerprint density at radius 1 is 0.800 bits per heavy atom. The molecule has 0 aliphatic carbocycles. The molecule has 0 saturated carbocycles. The summed E-state index contributed by atoms with van der Waals surface area (Å²) >= 11 is 0. The lowest BCUT2D eigenvalue weighted by molar-refractivity contribution is -0.113. The highest BCUT2D eigenvalue weighted by molar-refractivity contribution is 6.12. The predicted molar refractivity (Wildman–Crippen MR) is 134 cm³/mol.